The maximum atomic E-state index is 12.2. The lowest BCUT2D eigenvalue weighted by molar-refractivity contribution is -0.145. The standard InChI is InChI=1S/C13H16ClN3O3/c1-2-7-5-8(9(6-7)12(19)20)11(18)17-13-15-4-3-10(14)16-13/h3-4,7-9H,2,5-6H2,1H3,(H,19,20)(H,15,16,17,18)/t7?,8-,9+/m0/s1. The zero-order chi connectivity index (χ0) is 14.7. The second kappa shape index (κ2) is 6.17. The summed E-state index contributed by atoms with van der Waals surface area (Å²) in [5.74, 6) is -2.08. The van der Waals surface area contributed by atoms with Crippen LogP contribution in [0.4, 0.5) is 5.95 Å². The zero-order valence-corrected chi connectivity index (χ0v) is 11.8. The van der Waals surface area contributed by atoms with E-state index in [1.165, 1.54) is 12.3 Å². The summed E-state index contributed by atoms with van der Waals surface area (Å²) >= 11 is 5.72. The van der Waals surface area contributed by atoms with Gasteiger partial charge >= 0.3 is 5.97 Å². The molecule has 108 valence electrons. The third kappa shape index (κ3) is 3.25. The Morgan fingerprint density at radius 3 is 2.75 bits per heavy atom. The van der Waals surface area contributed by atoms with E-state index in [0.717, 1.165) is 6.42 Å². The highest BCUT2D eigenvalue weighted by Crippen LogP contribution is 2.38. The molecule has 6 nitrogen and oxygen atoms in total. The maximum Gasteiger partial charge on any atom is 0.307 e. The van der Waals surface area contributed by atoms with Crippen molar-refractivity contribution in [3.63, 3.8) is 0 Å². The Labute approximate surface area is 121 Å². The number of amides is 1. The molecule has 1 heterocycles. The third-order valence-corrected chi connectivity index (χ3v) is 3.96. The highest BCUT2D eigenvalue weighted by atomic mass is 35.5. The Morgan fingerprint density at radius 1 is 1.45 bits per heavy atom. The number of aromatic nitrogens is 2. The molecule has 0 spiro atoms. The first-order chi connectivity index (χ1) is 9.51. The van der Waals surface area contributed by atoms with Gasteiger partial charge in [-0.2, -0.15) is 0 Å². The molecule has 0 saturated heterocycles. The number of nitrogens with zero attached hydrogens (tertiary/aromatic N) is 2. The lowest BCUT2D eigenvalue weighted by Crippen LogP contribution is -2.30. The quantitative estimate of drug-likeness (QED) is 0.831. The largest absolute Gasteiger partial charge is 0.481 e. The predicted molar refractivity (Wildman–Crippen MR) is 73.3 cm³/mol. The molecule has 1 aliphatic carbocycles. The number of nitrogens with one attached hydrogen (secondary N) is 1. The second-order valence-corrected chi connectivity index (χ2v) is 5.38. The number of rotatable bonds is 4. The van der Waals surface area contributed by atoms with Crippen molar-refractivity contribution in [2.75, 3.05) is 5.32 Å². The normalized spacial score (nSPS) is 25.4. The van der Waals surface area contributed by atoms with Crippen molar-refractivity contribution in [3.8, 4) is 0 Å². The Morgan fingerprint density at radius 2 is 2.15 bits per heavy atom. The van der Waals surface area contributed by atoms with Crippen molar-refractivity contribution in [2.24, 2.45) is 17.8 Å². The molecule has 1 saturated carbocycles. The summed E-state index contributed by atoms with van der Waals surface area (Å²) in [7, 11) is 0. The van der Waals surface area contributed by atoms with Gasteiger partial charge in [0.15, 0.2) is 0 Å². The number of aliphatic carboxylic acids is 1. The van der Waals surface area contributed by atoms with E-state index in [0.29, 0.717) is 12.8 Å². The van der Waals surface area contributed by atoms with Crippen molar-refractivity contribution in [1.82, 2.24) is 9.97 Å². The van der Waals surface area contributed by atoms with Gasteiger partial charge in [0.1, 0.15) is 5.15 Å². The van der Waals surface area contributed by atoms with Gasteiger partial charge < -0.3 is 5.11 Å². The summed E-state index contributed by atoms with van der Waals surface area (Å²) < 4.78 is 0. The van der Waals surface area contributed by atoms with E-state index in [1.807, 2.05) is 6.92 Å². The number of hydrogen-bond donors (Lipinski definition) is 2. The first-order valence-electron chi connectivity index (χ1n) is 6.53. The van der Waals surface area contributed by atoms with Crippen LogP contribution in [0, 0.1) is 17.8 Å². The fraction of sp³-hybridized carbons (Fsp3) is 0.538. The van der Waals surface area contributed by atoms with E-state index >= 15 is 0 Å². The number of halogens is 1. The maximum absolute atomic E-state index is 12.2. The van der Waals surface area contributed by atoms with Crippen LogP contribution >= 0.6 is 11.6 Å². The van der Waals surface area contributed by atoms with E-state index in [9.17, 15) is 14.7 Å². The molecular formula is C13H16ClN3O3. The summed E-state index contributed by atoms with van der Waals surface area (Å²) in [6, 6.07) is 1.50. The van der Waals surface area contributed by atoms with Crippen LogP contribution in [-0.2, 0) is 9.59 Å². The second-order valence-electron chi connectivity index (χ2n) is 4.99. The lowest BCUT2D eigenvalue weighted by Gasteiger charge is -2.14. The Balaban J connectivity index is 2.09. The highest BCUT2D eigenvalue weighted by Gasteiger charge is 2.42. The average Bonchev–Trinajstić information content (AvgIpc) is 2.83. The summed E-state index contributed by atoms with van der Waals surface area (Å²) in [5.41, 5.74) is 0. The van der Waals surface area contributed by atoms with Crippen molar-refractivity contribution in [2.45, 2.75) is 26.2 Å². The van der Waals surface area contributed by atoms with Gasteiger partial charge in [0.2, 0.25) is 11.9 Å². The highest BCUT2D eigenvalue weighted by molar-refractivity contribution is 6.29. The topological polar surface area (TPSA) is 92.2 Å². The van der Waals surface area contributed by atoms with Gasteiger partial charge in [-0.25, -0.2) is 9.97 Å². The molecule has 0 aliphatic heterocycles. The van der Waals surface area contributed by atoms with Crippen molar-refractivity contribution < 1.29 is 14.7 Å². The van der Waals surface area contributed by atoms with E-state index in [-0.39, 0.29) is 22.9 Å². The van der Waals surface area contributed by atoms with Crippen molar-refractivity contribution in [3.05, 3.63) is 17.4 Å². The number of carboxylic acid groups (broad SMARTS) is 1. The Bertz CT molecular complexity index is 523. The smallest absolute Gasteiger partial charge is 0.307 e. The molecule has 2 rings (SSSR count). The van der Waals surface area contributed by atoms with Crippen LogP contribution in [0.3, 0.4) is 0 Å². The first kappa shape index (κ1) is 14.7. The van der Waals surface area contributed by atoms with Gasteiger partial charge in [0.25, 0.3) is 0 Å². The van der Waals surface area contributed by atoms with Crippen LogP contribution in [0.5, 0.6) is 0 Å². The molecule has 0 radical (unpaired) electrons. The molecule has 7 heteroatoms. The molecule has 1 aromatic heterocycles. The van der Waals surface area contributed by atoms with Crippen molar-refractivity contribution in [1.29, 1.82) is 0 Å². The average molecular weight is 298 g/mol. The molecule has 0 aromatic carbocycles. The minimum absolute atomic E-state index is 0.103. The third-order valence-electron chi connectivity index (χ3n) is 3.75. The molecule has 1 aromatic rings. The molecule has 20 heavy (non-hydrogen) atoms. The number of carboxylic acids is 1. The summed E-state index contributed by atoms with van der Waals surface area (Å²) in [6.45, 7) is 2.00. The minimum atomic E-state index is -0.923. The summed E-state index contributed by atoms with van der Waals surface area (Å²) in [6.07, 6.45) is 3.44. The van der Waals surface area contributed by atoms with Gasteiger partial charge in [-0.1, -0.05) is 24.9 Å². The van der Waals surface area contributed by atoms with Crippen LogP contribution in [0.1, 0.15) is 26.2 Å². The van der Waals surface area contributed by atoms with Gasteiger partial charge in [-0.15, -0.1) is 0 Å². The molecule has 1 aliphatic rings. The lowest BCUT2D eigenvalue weighted by atomic mass is 9.95. The van der Waals surface area contributed by atoms with E-state index < -0.39 is 17.8 Å². The summed E-state index contributed by atoms with van der Waals surface area (Å²) in [4.78, 5) is 31.2. The molecule has 1 unspecified atom stereocenters. The van der Waals surface area contributed by atoms with Gasteiger partial charge in [0.05, 0.1) is 11.8 Å². The number of anilines is 1. The fourth-order valence-corrected chi connectivity index (χ4v) is 2.78. The van der Waals surface area contributed by atoms with Gasteiger partial charge in [0, 0.05) is 6.20 Å². The van der Waals surface area contributed by atoms with Gasteiger partial charge in [-0.3, -0.25) is 14.9 Å². The van der Waals surface area contributed by atoms with E-state index in [1.54, 1.807) is 0 Å². The molecule has 1 fully saturated rings. The Kier molecular flexibility index (Phi) is 4.54. The Hall–Kier alpha value is -1.69. The van der Waals surface area contributed by atoms with Crippen LogP contribution in [0.15, 0.2) is 12.3 Å². The first-order valence-corrected chi connectivity index (χ1v) is 6.91. The number of hydrogen-bond acceptors (Lipinski definition) is 4. The van der Waals surface area contributed by atoms with Gasteiger partial charge in [-0.05, 0) is 24.8 Å². The molecule has 3 atom stereocenters. The van der Waals surface area contributed by atoms with Crippen LogP contribution in [0.25, 0.3) is 0 Å². The summed E-state index contributed by atoms with van der Waals surface area (Å²) in [5, 5.41) is 12.0. The van der Waals surface area contributed by atoms with E-state index in [2.05, 4.69) is 15.3 Å². The SMILES string of the molecule is CCC1C[C@H](C(=O)Nc2nccc(Cl)n2)[C@H](C(=O)O)C1. The molecule has 0 bridgehead atoms. The van der Waals surface area contributed by atoms with E-state index in [4.69, 9.17) is 11.6 Å². The van der Waals surface area contributed by atoms with Crippen LogP contribution in [-0.4, -0.2) is 27.0 Å². The van der Waals surface area contributed by atoms with Crippen molar-refractivity contribution >= 4 is 29.4 Å². The number of carbonyl (C=O) groups excluding carboxylic acids is 1. The minimum Gasteiger partial charge on any atom is -0.481 e. The fourth-order valence-electron chi connectivity index (χ4n) is 2.64. The zero-order valence-electron chi connectivity index (χ0n) is 11.0. The van der Waals surface area contributed by atoms with Crippen LogP contribution in [0.2, 0.25) is 5.15 Å². The predicted octanol–water partition coefficient (Wildman–Crippen LogP) is 2.21. The molecule has 1 amide bonds. The molecular weight excluding hydrogens is 282 g/mol. The van der Waals surface area contributed by atoms with Crippen LogP contribution < -0.4 is 5.32 Å². The molecule has 2 N–H and O–H groups in total. The monoisotopic (exact) mass is 297 g/mol. The number of carbonyl (C=O) groups is 2.